The molecule has 0 saturated carbocycles. The molecule has 0 bridgehead atoms. The second-order valence-electron chi connectivity index (χ2n) is 5.91. The van der Waals surface area contributed by atoms with Crippen LogP contribution in [0.15, 0.2) is 17.5 Å². The highest BCUT2D eigenvalue weighted by Crippen LogP contribution is 2.27. The first kappa shape index (κ1) is 13.6. The largest absolute Gasteiger partial charge is 0.354 e. The van der Waals surface area contributed by atoms with Gasteiger partial charge in [0.25, 0.3) is 0 Å². The first-order chi connectivity index (χ1) is 8.44. The fraction of sp³-hybridized carbons (Fsp3) is 0.643. The normalized spacial score (nSPS) is 24.2. The van der Waals surface area contributed by atoms with Crippen LogP contribution in [0.3, 0.4) is 0 Å². The van der Waals surface area contributed by atoms with Gasteiger partial charge in [0.05, 0.1) is 5.54 Å². The monoisotopic (exact) mass is 266 g/mol. The third kappa shape index (κ3) is 2.75. The van der Waals surface area contributed by atoms with Crippen molar-refractivity contribution in [3.8, 4) is 0 Å². The summed E-state index contributed by atoms with van der Waals surface area (Å²) in [6, 6.07) is 4.19. The molecule has 1 atom stereocenters. The lowest BCUT2D eigenvalue weighted by atomic mass is 9.90. The summed E-state index contributed by atoms with van der Waals surface area (Å²) in [5, 5.41) is 8.48. The van der Waals surface area contributed by atoms with Gasteiger partial charge < -0.3 is 10.6 Å². The van der Waals surface area contributed by atoms with Gasteiger partial charge in [0.1, 0.15) is 0 Å². The Morgan fingerprint density at radius 3 is 2.94 bits per heavy atom. The predicted octanol–water partition coefficient (Wildman–Crippen LogP) is 2.28. The molecule has 1 unspecified atom stereocenters. The van der Waals surface area contributed by atoms with Crippen LogP contribution in [0.25, 0.3) is 0 Å². The molecule has 2 N–H and O–H groups in total. The fourth-order valence-corrected chi connectivity index (χ4v) is 3.19. The number of thiophene rings is 1. The van der Waals surface area contributed by atoms with Gasteiger partial charge >= 0.3 is 0 Å². The van der Waals surface area contributed by atoms with Crippen molar-refractivity contribution < 1.29 is 4.79 Å². The molecular weight excluding hydrogens is 244 g/mol. The number of carbonyl (C=O) groups is 1. The first-order valence-electron chi connectivity index (χ1n) is 6.51. The summed E-state index contributed by atoms with van der Waals surface area (Å²) in [4.78, 5) is 13.5. The van der Waals surface area contributed by atoms with Gasteiger partial charge in [-0.3, -0.25) is 4.79 Å². The Morgan fingerprint density at radius 1 is 1.61 bits per heavy atom. The molecule has 0 spiro atoms. The summed E-state index contributed by atoms with van der Waals surface area (Å²) in [5.74, 6) is 0.129. The van der Waals surface area contributed by atoms with Crippen LogP contribution in [0.1, 0.15) is 38.5 Å². The summed E-state index contributed by atoms with van der Waals surface area (Å²) in [5.41, 5.74) is -0.371. The molecule has 1 aromatic heterocycles. The molecule has 0 aliphatic carbocycles. The molecule has 4 heteroatoms. The minimum atomic E-state index is -0.370. The molecule has 0 radical (unpaired) electrons. The van der Waals surface area contributed by atoms with E-state index in [2.05, 4.69) is 42.0 Å². The van der Waals surface area contributed by atoms with E-state index in [1.165, 1.54) is 4.88 Å². The highest BCUT2D eigenvalue weighted by atomic mass is 32.1. The zero-order valence-electron chi connectivity index (χ0n) is 11.4. The van der Waals surface area contributed by atoms with Crippen LogP contribution in [-0.4, -0.2) is 24.5 Å². The minimum absolute atomic E-state index is 0.00120. The van der Waals surface area contributed by atoms with Gasteiger partial charge in [-0.15, -0.1) is 11.3 Å². The van der Waals surface area contributed by atoms with Gasteiger partial charge in [0, 0.05) is 16.8 Å². The molecule has 0 aromatic carbocycles. The Labute approximate surface area is 113 Å². The van der Waals surface area contributed by atoms with E-state index in [4.69, 9.17) is 0 Å². The predicted molar refractivity (Wildman–Crippen MR) is 76.0 cm³/mol. The zero-order chi connectivity index (χ0) is 13.2. The average Bonchev–Trinajstić information content (AvgIpc) is 2.97. The van der Waals surface area contributed by atoms with E-state index in [9.17, 15) is 4.79 Å². The summed E-state index contributed by atoms with van der Waals surface area (Å²) in [6.45, 7) is 7.96. The van der Waals surface area contributed by atoms with Crippen molar-refractivity contribution in [1.82, 2.24) is 10.6 Å². The number of hydrogen-bond donors (Lipinski definition) is 2. The van der Waals surface area contributed by atoms with Crippen LogP contribution < -0.4 is 10.6 Å². The molecule has 1 aliphatic heterocycles. The van der Waals surface area contributed by atoms with Crippen LogP contribution in [-0.2, 0) is 10.2 Å². The van der Waals surface area contributed by atoms with Gasteiger partial charge in [-0.1, -0.05) is 19.9 Å². The average molecular weight is 266 g/mol. The van der Waals surface area contributed by atoms with E-state index >= 15 is 0 Å². The number of rotatable bonds is 4. The summed E-state index contributed by atoms with van der Waals surface area (Å²) >= 11 is 1.75. The smallest absolute Gasteiger partial charge is 0.240 e. The van der Waals surface area contributed by atoms with Gasteiger partial charge in [0.2, 0.25) is 5.91 Å². The molecule has 1 aromatic rings. The summed E-state index contributed by atoms with van der Waals surface area (Å²) < 4.78 is 0. The molecule has 100 valence electrons. The molecule has 1 aliphatic rings. The molecule has 2 rings (SSSR count). The highest BCUT2D eigenvalue weighted by Gasteiger charge is 2.36. The fourth-order valence-electron chi connectivity index (χ4n) is 2.34. The van der Waals surface area contributed by atoms with Crippen LogP contribution in [0.4, 0.5) is 0 Å². The Morgan fingerprint density at radius 2 is 2.39 bits per heavy atom. The number of hydrogen-bond acceptors (Lipinski definition) is 3. The number of carbonyl (C=O) groups excluding carboxylic acids is 1. The maximum atomic E-state index is 12.2. The third-order valence-electron chi connectivity index (χ3n) is 3.75. The van der Waals surface area contributed by atoms with Crippen LogP contribution in [0.5, 0.6) is 0 Å². The Hall–Kier alpha value is -0.870. The second kappa shape index (κ2) is 5.02. The lowest BCUT2D eigenvalue weighted by Crippen LogP contribution is -2.53. The van der Waals surface area contributed by atoms with Crippen molar-refractivity contribution in [2.24, 2.45) is 0 Å². The van der Waals surface area contributed by atoms with E-state index in [0.717, 1.165) is 19.4 Å². The van der Waals surface area contributed by atoms with E-state index in [-0.39, 0.29) is 16.9 Å². The Bertz CT molecular complexity index is 405. The number of nitrogens with one attached hydrogen (secondary N) is 2. The standard InChI is InChI=1S/C14H22N2OS/c1-13(2,11-6-4-9-18-11)10-15-12(17)14(3)7-5-8-16-14/h4,6,9,16H,5,7-8,10H2,1-3H3,(H,15,17). The maximum Gasteiger partial charge on any atom is 0.240 e. The zero-order valence-corrected chi connectivity index (χ0v) is 12.2. The maximum absolute atomic E-state index is 12.2. The van der Waals surface area contributed by atoms with Crippen LogP contribution in [0.2, 0.25) is 0 Å². The van der Waals surface area contributed by atoms with Crippen molar-refractivity contribution in [1.29, 1.82) is 0 Å². The third-order valence-corrected chi connectivity index (χ3v) is 4.98. The van der Waals surface area contributed by atoms with Gasteiger partial charge in [-0.05, 0) is 37.8 Å². The van der Waals surface area contributed by atoms with Gasteiger partial charge in [-0.25, -0.2) is 0 Å². The SMILES string of the molecule is CC1(C(=O)NCC(C)(C)c2cccs2)CCCN1. The molecular formula is C14H22N2OS. The second-order valence-corrected chi connectivity index (χ2v) is 6.85. The molecule has 1 fully saturated rings. The van der Waals surface area contributed by atoms with Crippen molar-refractivity contribution in [2.45, 2.75) is 44.6 Å². The Kier molecular flexibility index (Phi) is 3.78. The molecule has 2 heterocycles. The molecule has 3 nitrogen and oxygen atoms in total. The van der Waals surface area contributed by atoms with Crippen LogP contribution >= 0.6 is 11.3 Å². The van der Waals surface area contributed by atoms with Crippen molar-refractivity contribution in [3.05, 3.63) is 22.4 Å². The van der Waals surface area contributed by atoms with Crippen molar-refractivity contribution in [2.75, 3.05) is 13.1 Å². The Balaban J connectivity index is 1.93. The van der Waals surface area contributed by atoms with Gasteiger partial charge in [-0.2, -0.15) is 0 Å². The minimum Gasteiger partial charge on any atom is -0.354 e. The topological polar surface area (TPSA) is 41.1 Å². The number of amides is 1. The van der Waals surface area contributed by atoms with E-state index in [1.807, 2.05) is 6.92 Å². The lowest BCUT2D eigenvalue weighted by molar-refractivity contribution is -0.126. The van der Waals surface area contributed by atoms with Crippen molar-refractivity contribution in [3.63, 3.8) is 0 Å². The first-order valence-corrected chi connectivity index (χ1v) is 7.39. The molecule has 18 heavy (non-hydrogen) atoms. The quantitative estimate of drug-likeness (QED) is 0.878. The van der Waals surface area contributed by atoms with E-state index in [1.54, 1.807) is 11.3 Å². The lowest BCUT2D eigenvalue weighted by Gasteiger charge is -2.28. The summed E-state index contributed by atoms with van der Waals surface area (Å²) in [7, 11) is 0. The van der Waals surface area contributed by atoms with E-state index in [0.29, 0.717) is 6.54 Å². The molecule has 1 saturated heterocycles. The van der Waals surface area contributed by atoms with Gasteiger partial charge in [0.15, 0.2) is 0 Å². The van der Waals surface area contributed by atoms with Crippen molar-refractivity contribution >= 4 is 17.2 Å². The van der Waals surface area contributed by atoms with E-state index < -0.39 is 0 Å². The highest BCUT2D eigenvalue weighted by molar-refractivity contribution is 7.10. The van der Waals surface area contributed by atoms with Crippen LogP contribution in [0, 0.1) is 0 Å². The summed E-state index contributed by atoms with van der Waals surface area (Å²) in [6.07, 6.45) is 2.01. The molecule has 1 amide bonds.